The summed E-state index contributed by atoms with van der Waals surface area (Å²) in [7, 11) is 0. The van der Waals surface area contributed by atoms with Gasteiger partial charge in [0.1, 0.15) is 5.75 Å². The van der Waals surface area contributed by atoms with Crippen LogP contribution in [0.3, 0.4) is 0 Å². The van der Waals surface area contributed by atoms with E-state index < -0.39 is 0 Å². The summed E-state index contributed by atoms with van der Waals surface area (Å²) in [6.45, 7) is 4.00. The average Bonchev–Trinajstić information content (AvgIpc) is 2.74. The highest BCUT2D eigenvalue weighted by Gasteiger charge is 2.25. The first kappa shape index (κ1) is 19.9. The van der Waals surface area contributed by atoms with E-state index in [9.17, 15) is 9.59 Å². The topological polar surface area (TPSA) is 58.6 Å². The van der Waals surface area contributed by atoms with Crippen LogP contribution in [0.4, 0.5) is 4.79 Å². The van der Waals surface area contributed by atoms with Crippen LogP contribution in [-0.4, -0.2) is 36.5 Å². The molecule has 1 aliphatic rings. The Hall–Kier alpha value is -2.82. The number of carbonyl (C=O) groups excluding carboxylic acids is 2. The third-order valence-electron chi connectivity index (χ3n) is 5.31. The van der Waals surface area contributed by atoms with Crippen molar-refractivity contribution in [2.24, 2.45) is 5.92 Å². The third kappa shape index (κ3) is 5.35. The van der Waals surface area contributed by atoms with E-state index in [0.29, 0.717) is 31.3 Å². The van der Waals surface area contributed by atoms with Gasteiger partial charge in [-0.25, -0.2) is 4.79 Å². The first-order valence-electron chi connectivity index (χ1n) is 10.0. The summed E-state index contributed by atoms with van der Waals surface area (Å²) in [4.78, 5) is 26.6. The third-order valence-corrected chi connectivity index (χ3v) is 5.31. The first-order chi connectivity index (χ1) is 13.7. The van der Waals surface area contributed by atoms with E-state index >= 15 is 0 Å². The molecule has 2 amide bonds. The maximum absolute atomic E-state index is 12.6. The molecule has 3 rings (SSSR count). The fourth-order valence-electron chi connectivity index (χ4n) is 3.60. The van der Waals surface area contributed by atoms with Crippen LogP contribution in [0.2, 0.25) is 0 Å². The van der Waals surface area contributed by atoms with Gasteiger partial charge in [-0.15, -0.1) is 0 Å². The summed E-state index contributed by atoms with van der Waals surface area (Å²) in [5.74, 6) is 0.924. The van der Waals surface area contributed by atoms with Crippen molar-refractivity contribution in [2.75, 3.05) is 19.6 Å². The number of nitrogens with one attached hydrogen (secondary N) is 1. The van der Waals surface area contributed by atoms with Crippen molar-refractivity contribution in [2.45, 2.75) is 32.1 Å². The van der Waals surface area contributed by atoms with Gasteiger partial charge >= 0.3 is 6.09 Å². The zero-order valence-electron chi connectivity index (χ0n) is 16.3. The molecule has 1 fully saturated rings. The molecule has 1 atom stereocenters. The highest BCUT2D eigenvalue weighted by molar-refractivity contribution is 5.83. The molecule has 28 heavy (non-hydrogen) atoms. The molecule has 0 radical (unpaired) electrons. The average molecular weight is 380 g/mol. The largest absolute Gasteiger partial charge is 0.415 e. The SMILES string of the molecule is CC[C@@H](C(=O)NCC1CCN(C(=O)Oc2ccccc2)CC1)c1ccccc1. The van der Waals surface area contributed by atoms with Gasteiger partial charge in [0.25, 0.3) is 0 Å². The number of benzene rings is 2. The quantitative estimate of drug-likeness (QED) is 0.817. The number of carbonyl (C=O) groups is 2. The van der Waals surface area contributed by atoms with Crippen molar-refractivity contribution in [3.8, 4) is 5.75 Å². The molecule has 1 saturated heterocycles. The summed E-state index contributed by atoms with van der Waals surface area (Å²) >= 11 is 0. The Morgan fingerprint density at radius 2 is 1.64 bits per heavy atom. The summed E-state index contributed by atoms with van der Waals surface area (Å²) in [6, 6.07) is 19.0. The Labute approximate surface area is 166 Å². The van der Waals surface area contributed by atoms with Crippen LogP contribution in [0.1, 0.15) is 37.7 Å². The maximum Gasteiger partial charge on any atom is 0.415 e. The smallest absolute Gasteiger partial charge is 0.410 e. The number of ether oxygens (including phenoxy) is 1. The van der Waals surface area contributed by atoms with Crippen molar-refractivity contribution in [1.29, 1.82) is 0 Å². The second-order valence-corrected chi connectivity index (χ2v) is 7.23. The van der Waals surface area contributed by atoms with Gasteiger partial charge in [-0.2, -0.15) is 0 Å². The van der Waals surface area contributed by atoms with E-state index in [-0.39, 0.29) is 17.9 Å². The fourth-order valence-corrected chi connectivity index (χ4v) is 3.60. The van der Waals surface area contributed by atoms with Crippen molar-refractivity contribution >= 4 is 12.0 Å². The minimum atomic E-state index is -0.302. The van der Waals surface area contributed by atoms with Gasteiger partial charge in [-0.05, 0) is 42.9 Å². The molecule has 0 unspecified atom stereocenters. The summed E-state index contributed by atoms with van der Waals surface area (Å²) in [5.41, 5.74) is 1.06. The molecule has 0 bridgehead atoms. The predicted molar refractivity (Wildman–Crippen MR) is 109 cm³/mol. The van der Waals surface area contributed by atoms with E-state index in [1.165, 1.54) is 0 Å². The lowest BCUT2D eigenvalue weighted by Crippen LogP contribution is -2.43. The highest BCUT2D eigenvalue weighted by atomic mass is 16.6. The van der Waals surface area contributed by atoms with Crippen LogP contribution < -0.4 is 10.1 Å². The van der Waals surface area contributed by atoms with Gasteiger partial charge in [0.05, 0.1) is 5.92 Å². The first-order valence-corrected chi connectivity index (χ1v) is 10.0. The Bertz CT molecular complexity index is 756. The standard InChI is InChI=1S/C23H28N2O3/c1-2-21(19-9-5-3-6-10-19)22(26)24-17-18-13-15-25(16-14-18)23(27)28-20-11-7-4-8-12-20/h3-12,18,21H,2,13-17H2,1H3,(H,24,26)/t21-/m1/s1. The van der Waals surface area contributed by atoms with E-state index in [2.05, 4.69) is 5.32 Å². The van der Waals surface area contributed by atoms with Crippen LogP contribution >= 0.6 is 0 Å². The van der Waals surface area contributed by atoms with Crippen molar-refractivity contribution in [1.82, 2.24) is 10.2 Å². The Balaban J connectivity index is 1.43. The molecule has 0 saturated carbocycles. The lowest BCUT2D eigenvalue weighted by molar-refractivity contribution is -0.122. The summed E-state index contributed by atoms with van der Waals surface area (Å²) in [5, 5.41) is 3.11. The molecule has 2 aromatic carbocycles. The van der Waals surface area contributed by atoms with Gasteiger partial charge in [0.2, 0.25) is 5.91 Å². The molecule has 1 N–H and O–H groups in total. The highest BCUT2D eigenvalue weighted by Crippen LogP contribution is 2.21. The van der Waals surface area contributed by atoms with E-state index in [0.717, 1.165) is 24.8 Å². The summed E-state index contributed by atoms with van der Waals surface area (Å²) < 4.78 is 5.40. The van der Waals surface area contributed by atoms with E-state index in [1.54, 1.807) is 17.0 Å². The molecular formula is C23H28N2O3. The lowest BCUT2D eigenvalue weighted by atomic mass is 9.94. The molecule has 5 heteroatoms. The molecule has 1 heterocycles. The molecule has 148 valence electrons. The van der Waals surface area contributed by atoms with Crippen molar-refractivity contribution in [3.05, 3.63) is 66.2 Å². The number of rotatable bonds is 6. The molecule has 0 spiro atoms. The van der Waals surface area contributed by atoms with Crippen LogP contribution in [0.25, 0.3) is 0 Å². The predicted octanol–water partition coefficient (Wildman–Crippen LogP) is 4.21. The van der Waals surface area contributed by atoms with Crippen LogP contribution in [-0.2, 0) is 4.79 Å². The zero-order chi connectivity index (χ0) is 19.8. The Morgan fingerprint density at radius 3 is 2.25 bits per heavy atom. The van der Waals surface area contributed by atoms with Gasteiger partial charge in [-0.3, -0.25) is 4.79 Å². The second-order valence-electron chi connectivity index (χ2n) is 7.23. The maximum atomic E-state index is 12.6. The monoisotopic (exact) mass is 380 g/mol. The molecule has 1 aliphatic heterocycles. The number of hydrogen-bond acceptors (Lipinski definition) is 3. The van der Waals surface area contributed by atoms with Crippen molar-refractivity contribution in [3.63, 3.8) is 0 Å². The number of para-hydroxylation sites is 1. The van der Waals surface area contributed by atoms with Crippen LogP contribution in [0, 0.1) is 5.92 Å². The second kappa shape index (κ2) is 9.93. The Kier molecular flexibility index (Phi) is 7.06. The minimum absolute atomic E-state index is 0.0830. The Morgan fingerprint density at radius 1 is 1.04 bits per heavy atom. The van der Waals surface area contributed by atoms with E-state index in [4.69, 9.17) is 4.74 Å². The molecule has 2 aromatic rings. The fraction of sp³-hybridized carbons (Fsp3) is 0.391. The van der Waals surface area contributed by atoms with Gasteiger partial charge in [-0.1, -0.05) is 55.5 Å². The normalized spacial score (nSPS) is 15.7. The van der Waals surface area contributed by atoms with Crippen LogP contribution in [0.5, 0.6) is 5.75 Å². The molecule has 5 nitrogen and oxygen atoms in total. The number of likely N-dealkylation sites (tertiary alicyclic amines) is 1. The number of nitrogens with zero attached hydrogens (tertiary/aromatic N) is 1. The lowest BCUT2D eigenvalue weighted by Gasteiger charge is -2.31. The number of piperidine rings is 1. The zero-order valence-corrected chi connectivity index (χ0v) is 16.3. The number of amides is 2. The van der Waals surface area contributed by atoms with Crippen molar-refractivity contribution < 1.29 is 14.3 Å². The van der Waals surface area contributed by atoms with E-state index in [1.807, 2.05) is 55.5 Å². The minimum Gasteiger partial charge on any atom is -0.410 e. The molecule has 0 aromatic heterocycles. The van der Waals surface area contributed by atoms with Gasteiger partial charge in [0.15, 0.2) is 0 Å². The number of hydrogen-bond donors (Lipinski definition) is 1. The van der Waals surface area contributed by atoms with Gasteiger partial charge < -0.3 is 15.0 Å². The molecular weight excluding hydrogens is 352 g/mol. The van der Waals surface area contributed by atoms with Gasteiger partial charge in [0, 0.05) is 19.6 Å². The molecule has 0 aliphatic carbocycles. The van der Waals surface area contributed by atoms with Crippen LogP contribution in [0.15, 0.2) is 60.7 Å². The summed E-state index contributed by atoms with van der Waals surface area (Å²) in [6.07, 6.45) is 2.21.